The van der Waals surface area contributed by atoms with Gasteiger partial charge in [0, 0.05) is 15.7 Å². The molecule has 2 N–H and O–H groups in total. The quantitative estimate of drug-likeness (QED) is 0.215. The van der Waals surface area contributed by atoms with Crippen LogP contribution in [0.15, 0.2) is 101 Å². The third-order valence-electron chi connectivity index (χ3n) is 5.76. The van der Waals surface area contributed by atoms with Gasteiger partial charge >= 0.3 is 0 Å². The predicted molar refractivity (Wildman–Crippen MR) is 160 cm³/mol. The normalized spacial score (nSPS) is 11.6. The van der Waals surface area contributed by atoms with E-state index < -0.39 is 32.5 Å². The molecule has 208 valence electrons. The number of amides is 1. The molecule has 13 heteroatoms. The van der Waals surface area contributed by atoms with Crippen LogP contribution in [0.4, 0.5) is 17.1 Å². The van der Waals surface area contributed by atoms with Crippen molar-refractivity contribution in [3.05, 3.63) is 112 Å². The zero-order valence-electron chi connectivity index (χ0n) is 20.8. The van der Waals surface area contributed by atoms with E-state index in [0.717, 1.165) is 4.31 Å². The molecule has 4 aromatic rings. The lowest BCUT2D eigenvalue weighted by Crippen LogP contribution is -2.38. The molecule has 8 nitrogen and oxygen atoms in total. The van der Waals surface area contributed by atoms with E-state index in [1.54, 1.807) is 43.3 Å². The van der Waals surface area contributed by atoms with Crippen LogP contribution in [-0.2, 0) is 24.8 Å². The van der Waals surface area contributed by atoms with E-state index in [1.165, 1.54) is 54.6 Å². The van der Waals surface area contributed by atoms with E-state index in [-0.39, 0.29) is 31.2 Å². The van der Waals surface area contributed by atoms with Crippen LogP contribution in [0.2, 0.25) is 15.1 Å². The van der Waals surface area contributed by atoms with Gasteiger partial charge in [-0.2, -0.15) is 0 Å². The monoisotopic (exact) mass is 637 g/mol. The van der Waals surface area contributed by atoms with Crippen molar-refractivity contribution in [2.24, 2.45) is 0 Å². The van der Waals surface area contributed by atoms with Crippen molar-refractivity contribution < 1.29 is 21.6 Å². The first-order valence-electron chi connectivity index (χ1n) is 11.6. The lowest BCUT2D eigenvalue weighted by molar-refractivity contribution is -0.114. The average Bonchev–Trinajstić information content (AvgIpc) is 2.92. The van der Waals surface area contributed by atoms with Crippen molar-refractivity contribution in [3.8, 4) is 0 Å². The summed E-state index contributed by atoms with van der Waals surface area (Å²) in [5, 5.41) is 3.31. The number of carbonyl (C=O) groups excluding carboxylic acids is 1. The summed E-state index contributed by atoms with van der Waals surface area (Å²) in [5.41, 5.74) is 1.19. The Hall–Kier alpha value is -3.28. The molecule has 0 unspecified atom stereocenters. The maximum Gasteiger partial charge on any atom is 0.264 e. The van der Waals surface area contributed by atoms with Gasteiger partial charge in [0.1, 0.15) is 6.54 Å². The summed E-state index contributed by atoms with van der Waals surface area (Å²) in [4.78, 5) is 12.9. The Morgan fingerprint density at radius 3 is 2.12 bits per heavy atom. The number of anilines is 3. The Morgan fingerprint density at radius 2 is 1.45 bits per heavy atom. The molecule has 1 amide bonds. The maximum absolute atomic E-state index is 13.5. The molecule has 0 aliphatic rings. The fraction of sp³-hybridized carbons (Fsp3) is 0.0741. The molecule has 4 rings (SSSR count). The van der Waals surface area contributed by atoms with Crippen molar-refractivity contribution in [2.45, 2.75) is 16.7 Å². The second-order valence-electron chi connectivity index (χ2n) is 8.51. The summed E-state index contributed by atoms with van der Waals surface area (Å²) in [6.45, 7) is 1.06. The molecule has 0 spiro atoms. The third-order valence-corrected chi connectivity index (χ3v) is 9.88. The number of rotatable bonds is 9. The number of benzene rings is 4. The summed E-state index contributed by atoms with van der Waals surface area (Å²) in [6, 6.07) is 22.1. The molecule has 0 saturated heterocycles. The highest BCUT2D eigenvalue weighted by Crippen LogP contribution is 2.33. The SMILES string of the molecule is Cc1c(Cl)cccc1NS(=O)(=O)c1ccc(NC(=O)CN(c2cc(Cl)ccc2Cl)S(=O)(=O)c2ccccc2)cc1. The summed E-state index contributed by atoms with van der Waals surface area (Å²) in [6.07, 6.45) is 0. The number of halogens is 3. The first-order valence-corrected chi connectivity index (χ1v) is 15.6. The standard InChI is InChI=1S/C27H22Cl3N3O5S2/c1-18-23(29)8-5-9-25(18)32-39(35,36)21-13-11-20(12-14-21)31-27(34)17-33(26-16-19(28)10-15-24(26)30)40(37,38)22-6-3-2-4-7-22/h2-16,32H,17H2,1H3,(H,31,34). The van der Waals surface area contributed by atoms with Crippen LogP contribution in [0.1, 0.15) is 5.56 Å². The van der Waals surface area contributed by atoms with E-state index in [9.17, 15) is 21.6 Å². The fourth-order valence-electron chi connectivity index (χ4n) is 3.67. The minimum atomic E-state index is -4.21. The molecule has 0 bridgehead atoms. The zero-order chi connectivity index (χ0) is 29.1. The maximum atomic E-state index is 13.5. The van der Waals surface area contributed by atoms with E-state index in [0.29, 0.717) is 16.3 Å². The highest BCUT2D eigenvalue weighted by molar-refractivity contribution is 7.93. The highest BCUT2D eigenvalue weighted by atomic mass is 35.5. The highest BCUT2D eigenvalue weighted by Gasteiger charge is 2.29. The molecular weight excluding hydrogens is 617 g/mol. The summed E-state index contributed by atoms with van der Waals surface area (Å²) >= 11 is 18.5. The molecule has 0 aliphatic carbocycles. The first-order chi connectivity index (χ1) is 18.9. The molecular formula is C27H22Cl3N3O5S2. The second-order valence-corrected chi connectivity index (χ2v) is 13.3. The van der Waals surface area contributed by atoms with Gasteiger partial charge in [-0.25, -0.2) is 16.8 Å². The minimum Gasteiger partial charge on any atom is -0.325 e. The smallest absolute Gasteiger partial charge is 0.264 e. The molecule has 40 heavy (non-hydrogen) atoms. The van der Waals surface area contributed by atoms with Gasteiger partial charge in [0.15, 0.2) is 0 Å². The van der Waals surface area contributed by atoms with Gasteiger partial charge in [-0.15, -0.1) is 0 Å². The van der Waals surface area contributed by atoms with Crippen molar-refractivity contribution in [1.29, 1.82) is 0 Å². The van der Waals surface area contributed by atoms with E-state index in [4.69, 9.17) is 34.8 Å². The van der Waals surface area contributed by atoms with Gasteiger partial charge in [0.05, 0.1) is 26.2 Å². The van der Waals surface area contributed by atoms with Gasteiger partial charge < -0.3 is 5.32 Å². The number of hydrogen-bond donors (Lipinski definition) is 2. The predicted octanol–water partition coefficient (Wildman–Crippen LogP) is 6.59. The Labute approximate surface area is 247 Å². The largest absolute Gasteiger partial charge is 0.325 e. The van der Waals surface area contributed by atoms with Crippen LogP contribution in [0.3, 0.4) is 0 Å². The Balaban J connectivity index is 1.56. The lowest BCUT2D eigenvalue weighted by atomic mass is 10.2. The Kier molecular flexibility index (Phi) is 8.96. The molecule has 0 aromatic heterocycles. The summed E-state index contributed by atoms with van der Waals surface area (Å²) < 4.78 is 56.1. The van der Waals surface area contributed by atoms with Gasteiger partial charge in [0.2, 0.25) is 5.91 Å². The molecule has 0 aliphatic heterocycles. The Morgan fingerprint density at radius 1 is 0.775 bits per heavy atom. The number of carbonyl (C=O) groups is 1. The van der Waals surface area contributed by atoms with Crippen molar-refractivity contribution in [2.75, 3.05) is 20.9 Å². The van der Waals surface area contributed by atoms with Gasteiger partial charge in [0.25, 0.3) is 20.0 Å². The van der Waals surface area contributed by atoms with Crippen molar-refractivity contribution in [1.82, 2.24) is 0 Å². The van der Waals surface area contributed by atoms with Gasteiger partial charge in [-0.1, -0.05) is 59.1 Å². The first kappa shape index (κ1) is 29.7. The summed E-state index contributed by atoms with van der Waals surface area (Å²) in [5.74, 6) is -0.696. The van der Waals surface area contributed by atoms with Gasteiger partial charge in [-0.3, -0.25) is 13.8 Å². The van der Waals surface area contributed by atoms with E-state index in [1.807, 2.05) is 0 Å². The molecule has 0 fully saturated rings. The molecule has 0 saturated carbocycles. The second kappa shape index (κ2) is 12.1. The van der Waals surface area contributed by atoms with Crippen molar-refractivity contribution >= 4 is 77.8 Å². The van der Waals surface area contributed by atoms with Crippen LogP contribution >= 0.6 is 34.8 Å². The van der Waals surface area contributed by atoms with E-state index >= 15 is 0 Å². The van der Waals surface area contributed by atoms with Crippen LogP contribution < -0.4 is 14.3 Å². The minimum absolute atomic E-state index is 0.0250. The molecule has 0 atom stereocenters. The zero-order valence-corrected chi connectivity index (χ0v) is 24.7. The topological polar surface area (TPSA) is 113 Å². The average molecular weight is 639 g/mol. The molecule has 0 radical (unpaired) electrons. The van der Waals surface area contributed by atoms with Crippen LogP contribution in [0.5, 0.6) is 0 Å². The van der Waals surface area contributed by atoms with Crippen molar-refractivity contribution in [3.63, 3.8) is 0 Å². The number of hydrogen-bond acceptors (Lipinski definition) is 5. The number of nitrogens with one attached hydrogen (secondary N) is 2. The summed E-state index contributed by atoms with van der Waals surface area (Å²) in [7, 11) is -8.16. The van der Waals surface area contributed by atoms with Crippen LogP contribution in [0.25, 0.3) is 0 Å². The lowest BCUT2D eigenvalue weighted by Gasteiger charge is -2.25. The molecule has 4 aromatic carbocycles. The van der Waals surface area contributed by atoms with Crippen LogP contribution in [0, 0.1) is 6.92 Å². The van der Waals surface area contributed by atoms with E-state index in [2.05, 4.69) is 10.0 Å². The number of sulfonamides is 2. The Bertz CT molecular complexity index is 1770. The van der Waals surface area contributed by atoms with Crippen LogP contribution in [-0.4, -0.2) is 29.3 Å². The van der Waals surface area contributed by atoms with Gasteiger partial charge in [-0.05, 0) is 79.2 Å². The third kappa shape index (κ3) is 6.71. The fourth-order valence-corrected chi connectivity index (χ4v) is 6.85. The number of nitrogens with zero attached hydrogens (tertiary/aromatic N) is 1. The molecule has 0 heterocycles.